The van der Waals surface area contributed by atoms with Gasteiger partial charge in [-0.2, -0.15) is 0 Å². The van der Waals surface area contributed by atoms with Gasteiger partial charge in [-0.1, -0.05) is 328 Å². The predicted octanol–water partition coefficient (Wildman–Crippen LogP) is 32.8. The standard InChI is InChI=1S/C35H50N2.2C28H57.Pd/c1-5-9-13-15-18-30-19-16-21-32(27-30)35(31-25-23-29(24-26-31)17-11-7-3)34(22-12-8-4)33(28-37-36)20-14-10-6-2;2*1-3-5-7-9-11-13-15-17-19-21-23-25-27-28-26-24-22-20-18-16-14-12-10-8-6-4-2;/h16,19,21,23-27H,5-15,17-18,20,22H2,1-4H3;2*1,3-28H2,2H3;. The summed E-state index contributed by atoms with van der Waals surface area (Å²) in [6, 6.07) is 18.4. The van der Waals surface area contributed by atoms with Gasteiger partial charge in [0.25, 0.3) is 0 Å². The Hall–Kier alpha value is -2.00. The van der Waals surface area contributed by atoms with Crippen LogP contribution in [-0.2, 0) is 30.8 Å². The van der Waals surface area contributed by atoms with Crippen molar-refractivity contribution in [1.82, 2.24) is 0 Å². The van der Waals surface area contributed by atoms with Gasteiger partial charge in [0.15, 0.2) is 0 Å². The van der Waals surface area contributed by atoms with Crippen LogP contribution in [0.15, 0.2) is 59.7 Å². The van der Waals surface area contributed by atoms with Crippen LogP contribution in [0.25, 0.3) is 11.1 Å². The van der Waals surface area contributed by atoms with Gasteiger partial charge in [0, 0.05) is 0 Å². The quantitative estimate of drug-likeness (QED) is 0.0158. The molecule has 0 spiro atoms. The summed E-state index contributed by atoms with van der Waals surface area (Å²) in [5.41, 5.74) is 18.5. The van der Waals surface area contributed by atoms with Gasteiger partial charge in [-0.3, -0.25) is 0 Å². The second-order valence-corrected chi connectivity index (χ2v) is 31.9. The minimum Gasteiger partial charge on any atom is -0.348 e. The number of rotatable bonds is 72. The number of hydrogen-bond donors (Lipinski definition) is 0. The van der Waals surface area contributed by atoms with E-state index in [0.717, 1.165) is 68.5 Å². The van der Waals surface area contributed by atoms with Crippen LogP contribution < -0.4 is 0 Å². The van der Waals surface area contributed by atoms with Crippen molar-refractivity contribution in [2.24, 2.45) is 0 Å². The van der Waals surface area contributed by atoms with Crippen molar-refractivity contribution in [2.75, 3.05) is 0 Å². The zero-order valence-electron chi connectivity index (χ0n) is 64.6. The molecule has 3 heteroatoms. The molecular formula is C91H164N2Pd. The van der Waals surface area contributed by atoms with Crippen LogP contribution in [0.3, 0.4) is 0 Å². The van der Waals surface area contributed by atoms with E-state index < -0.39 is 0 Å². The summed E-state index contributed by atoms with van der Waals surface area (Å²) in [7, 11) is 0. The van der Waals surface area contributed by atoms with E-state index in [-0.39, 0.29) is 0 Å². The summed E-state index contributed by atoms with van der Waals surface area (Å²) in [6.45, 7) is 13.6. The number of aryl methyl sites for hydroxylation is 2. The summed E-state index contributed by atoms with van der Waals surface area (Å²) in [5, 5.41) is 0. The Kier molecular flexibility index (Phi) is 72.0. The zero-order valence-corrected chi connectivity index (χ0v) is 66.2. The number of nitrogens with zero attached hydrogens (tertiary/aromatic N) is 2. The first-order valence-electron chi connectivity index (χ1n) is 42.9. The van der Waals surface area contributed by atoms with Crippen molar-refractivity contribution in [3.05, 3.63) is 87.5 Å². The molecule has 2 aromatic carbocycles. The molecule has 94 heavy (non-hydrogen) atoms. The normalized spacial score (nSPS) is 11.7. The van der Waals surface area contributed by atoms with Crippen LogP contribution in [0, 0.1) is 0 Å². The molecule has 0 bridgehead atoms. The van der Waals surface area contributed by atoms with Gasteiger partial charge < -0.3 is 5.53 Å². The molecule has 0 saturated heterocycles. The molecule has 0 aliphatic rings. The topological polar surface area (TPSA) is 36.4 Å². The first-order valence-corrected chi connectivity index (χ1v) is 45.1. The second-order valence-electron chi connectivity index (χ2n) is 29.6. The van der Waals surface area contributed by atoms with E-state index in [4.69, 9.17) is 0 Å². The number of hydrogen-bond acceptors (Lipinski definition) is 0. The molecule has 0 atom stereocenters. The van der Waals surface area contributed by atoms with E-state index >= 15 is 0 Å². The van der Waals surface area contributed by atoms with Gasteiger partial charge in [-0.25, -0.2) is 0 Å². The van der Waals surface area contributed by atoms with Gasteiger partial charge in [0.05, 0.1) is 5.57 Å². The predicted molar refractivity (Wildman–Crippen MR) is 422 cm³/mol. The molecule has 0 radical (unpaired) electrons. The van der Waals surface area contributed by atoms with Crippen molar-refractivity contribution in [3.8, 4) is 0 Å². The molecule has 0 aromatic heterocycles. The molecule has 548 valence electrons. The van der Waals surface area contributed by atoms with E-state index in [1.54, 1.807) is 9.79 Å². The summed E-state index contributed by atoms with van der Waals surface area (Å²) in [6.07, 6.45) is 94.8. The van der Waals surface area contributed by atoms with Crippen LogP contribution in [-0.4, -0.2) is 10.7 Å². The number of allylic oxidation sites excluding steroid dienone is 2. The van der Waals surface area contributed by atoms with Gasteiger partial charge in [-0.05, 0) is 84.8 Å². The Morgan fingerprint density at radius 2 is 0.585 bits per heavy atom. The van der Waals surface area contributed by atoms with Crippen LogP contribution >= 0.6 is 0 Å². The third-order valence-corrected chi connectivity index (χ3v) is 22.6. The molecule has 2 nitrogen and oxygen atoms in total. The average molecular weight is 1390 g/mol. The van der Waals surface area contributed by atoms with E-state index in [9.17, 15) is 5.53 Å². The Morgan fingerprint density at radius 1 is 0.287 bits per heavy atom. The molecule has 0 amide bonds. The van der Waals surface area contributed by atoms with Crippen molar-refractivity contribution in [1.29, 1.82) is 0 Å². The van der Waals surface area contributed by atoms with Gasteiger partial charge in [0.1, 0.15) is 0 Å². The van der Waals surface area contributed by atoms with Gasteiger partial charge in [-0.15, -0.1) is 4.79 Å². The minimum atomic E-state index is 0.895. The zero-order chi connectivity index (χ0) is 67.6. The molecular weight excluding hydrogens is 1230 g/mol. The van der Waals surface area contributed by atoms with Crippen LogP contribution in [0.4, 0.5) is 0 Å². The van der Waals surface area contributed by atoms with Crippen molar-refractivity contribution < 1.29 is 22.8 Å². The molecule has 0 aliphatic carbocycles. The number of benzene rings is 2. The van der Waals surface area contributed by atoms with E-state index in [1.165, 1.54) is 419 Å². The number of unbranched alkanes of at least 4 members (excludes halogenated alkanes) is 57. The molecule has 2 aromatic rings. The van der Waals surface area contributed by atoms with Gasteiger partial charge in [0.2, 0.25) is 0 Å². The monoisotopic (exact) mass is 1390 g/mol. The van der Waals surface area contributed by atoms with Crippen molar-refractivity contribution in [2.45, 2.75) is 482 Å². The second kappa shape index (κ2) is 75.2. The maximum absolute atomic E-state index is 9.56. The smallest absolute Gasteiger partial charge is 0.348 e. The minimum absolute atomic E-state index is 0.895. The third-order valence-electron chi connectivity index (χ3n) is 20.4. The molecule has 0 heterocycles. The first-order chi connectivity index (χ1) is 46.6. The van der Waals surface area contributed by atoms with Gasteiger partial charge >= 0.3 is 175 Å². The Labute approximate surface area is 599 Å². The Morgan fingerprint density at radius 3 is 0.915 bits per heavy atom. The van der Waals surface area contributed by atoms with Crippen LogP contribution in [0.5, 0.6) is 0 Å². The first kappa shape index (κ1) is 90.0. The Bertz CT molecular complexity index is 1900. The fourth-order valence-electron chi connectivity index (χ4n) is 14.1. The molecule has 0 saturated carbocycles. The Balaban J connectivity index is 0.00000102. The van der Waals surface area contributed by atoms with Crippen molar-refractivity contribution >= 4 is 11.4 Å². The molecule has 0 unspecified atom stereocenters. The molecule has 2 rings (SSSR count). The fraction of sp³-hybridized carbons (Fsp3) is 0.824. The fourth-order valence-corrected chi connectivity index (χ4v) is 16.0. The third kappa shape index (κ3) is 58.9. The molecule has 0 N–H and O–H groups in total. The summed E-state index contributed by atoms with van der Waals surface area (Å²) < 4.78 is 0. The van der Waals surface area contributed by atoms with E-state index in [2.05, 4.69) is 101 Å². The van der Waals surface area contributed by atoms with Crippen LogP contribution in [0.1, 0.15) is 481 Å². The van der Waals surface area contributed by atoms with Crippen LogP contribution in [0.2, 0.25) is 9.79 Å². The summed E-state index contributed by atoms with van der Waals surface area (Å²) in [5.74, 6) is 3.01. The van der Waals surface area contributed by atoms with E-state index in [0.29, 0.717) is 0 Å². The average Bonchev–Trinajstić information content (AvgIpc) is 0.812. The summed E-state index contributed by atoms with van der Waals surface area (Å²) in [4.78, 5) is 6.51. The van der Waals surface area contributed by atoms with Crippen molar-refractivity contribution in [3.63, 3.8) is 0 Å². The SMILES string of the molecule is CCCCCCCCCCCCCCCCCCCCCCCCCCC[CH2][Pd][CH2]CCCCCCCCCCCCCCCCCCCCCCCCCCC.CCCCCCc1cccc(C(=C(CCCC)C(=C=[N+]=[N-])CCCCC)c2ccc(CCCC)cc2)c1. The molecule has 0 aliphatic heterocycles. The maximum atomic E-state index is 9.56. The van der Waals surface area contributed by atoms with E-state index in [1.807, 2.05) is 0 Å². The molecule has 0 fully saturated rings. The summed E-state index contributed by atoms with van der Waals surface area (Å²) >= 11 is 1.05.